The van der Waals surface area contributed by atoms with Crippen LogP contribution in [0, 0.1) is 24.0 Å². The molecule has 0 N–H and O–H groups in total. The Morgan fingerprint density at radius 1 is 1.18 bits per heavy atom. The van der Waals surface area contributed by atoms with Crippen molar-refractivity contribution in [2.75, 3.05) is 36.1 Å². The van der Waals surface area contributed by atoms with Gasteiger partial charge in [0.25, 0.3) is 5.69 Å². The number of carbonyl (C=O) groups is 2. The van der Waals surface area contributed by atoms with E-state index in [9.17, 15) is 28.1 Å². The van der Waals surface area contributed by atoms with Crippen molar-refractivity contribution in [1.29, 1.82) is 0 Å². The zero-order chi connectivity index (χ0) is 24.6. The highest BCUT2D eigenvalue weighted by Gasteiger charge is 2.32. The summed E-state index contributed by atoms with van der Waals surface area (Å²) in [6.45, 7) is 4.48. The molecule has 1 aromatic carbocycles. The summed E-state index contributed by atoms with van der Waals surface area (Å²) in [6.07, 6.45) is 2.41. The lowest BCUT2D eigenvalue weighted by molar-refractivity contribution is -0.384. The molecular weight excluding hydrogens is 462 g/mol. The summed E-state index contributed by atoms with van der Waals surface area (Å²) >= 11 is 0. The molecule has 4 rings (SSSR count). The van der Waals surface area contributed by atoms with Gasteiger partial charge in [-0.3, -0.25) is 14.9 Å². The van der Waals surface area contributed by atoms with Crippen LogP contribution in [0.25, 0.3) is 0 Å². The van der Waals surface area contributed by atoms with E-state index < -0.39 is 33.1 Å². The highest BCUT2D eigenvalue weighted by atomic mass is 32.2. The molecule has 1 unspecified atom stereocenters. The van der Waals surface area contributed by atoms with Crippen LogP contribution in [0.2, 0.25) is 0 Å². The van der Waals surface area contributed by atoms with Crippen molar-refractivity contribution in [3.05, 3.63) is 56.9 Å². The number of aryl methyl sites for hydroxylation is 1. The van der Waals surface area contributed by atoms with Crippen molar-refractivity contribution in [2.45, 2.75) is 39.2 Å². The molecule has 2 saturated heterocycles. The van der Waals surface area contributed by atoms with Crippen molar-refractivity contribution in [2.24, 2.45) is 0 Å². The summed E-state index contributed by atoms with van der Waals surface area (Å²) in [5, 5.41) is 11.6. The SMILES string of the molecule is Cc1cc(C(=O)COC(=O)c2ccc(N3CCCC3)c([N+](=O)[O-])c2)c(C)n1C1CCS(=O)(=O)C1. The second-order valence-corrected chi connectivity index (χ2v) is 11.1. The molecule has 0 bridgehead atoms. The quantitative estimate of drug-likeness (QED) is 0.251. The Hall–Kier alpha value is -3.21. The largest absolute Gasteiger partial charge is 0.454 e. The second-order valence-electron chi connectivity index (χ2n) is 8.87. The number of ketones is 1. The van der Waals surface area contributed by atoms with Gasteiger partial charge in [-0.2, -0.15) is 0 Å². The van der Waals surface area contributed by atoms with Gasteiger partial charge < -0.3 is 14.2 Å². The first-order chi connectivity index (χ1) is 16.1. The average molecular weight is 490 g/mol. The molecule has 1 aromatic heterocycles. The molecule has 1 atom stereocenters. The Morgan fingerprint density at radius 2 is 1.88 bits per heavy atom. The van der Waals surface area contributed by atoms with Crippen molar-refractivity contribution in [3.63, 3.8) is 0 Å². The molecule has 0 radical (unpaired) electrons. The molecule has 0 amide bonds. The summed E-state index contributed by atoms with van der Waals surface area (Å²) in [6, 6.07) is 5.66. The molecule has 10 nitrogen and oxygen atoms in total. The van der Waals surface area contributed by atoms with Crippen LogP contribution in [-0.2, 0) is 14.6 Å². The number of carbonyl (C=O) groups excluding carboxylic acids is 2. The molecule has 0 aliphatic carbocycles. The molecule has 11 heteroatoms. The molecule has 0 saturated carbocycles. The minimum absolute atomic E-state index is 0.00378. The smallest absolute Gasteiger partial charge is 0.338 e. The first-order valence-corrected chi connectivity index (χ1v) is 13.0. The maximum atomic E-state index is 12.8. The number of benzene rings is 1. The Morgan fingerprint density at radius 3 is 2.50 bits per heavy atom. The van der Waals surface area contributed by atoms with E-state index in [1.165, 1.54) is 12.1 Å². The standard InChI is InChI=1S/C23H27N3O7S/c1-15-11-19(16(2)25(15)18-7-10-34(31,32)14-18)22(27)13-33-23(28)17-5-6-20(21(12-17)26(29)30)24-8-3-4-9-24/h5-6,11-12,18H,3-4,7-10,13-14H2,1-2H3. The normalized spacial score (nSPS) is 19.4. The van der Waals surface area contributed by atoms with Gasteiger partial charge in [-0.1, -0.05) is 0 Å². The van der Waals surface area contributed by atoms with Crippen LogP contribution < -0.4 is 4.90 Å². The minimum Gasteiger partial charge on any atom is -0.454 e. The van der Waals surface area contributed by atoms with Gasteiger partial charge in [-0.15, -0.1) is 0 Å². The van der Waals surface area contributed by atoms with Gasteiger partial charge in [0.05, 0.1) is 22.0 Å². The molecular formula is C23H27N3O7S. The molecule has 34 heavy (non-hydrogen) atoms. The first kappa shape index (κ1) is 23.9. The summed E-state index contributed by atoms with van der Waals surface area (Å²) in [5.74, 6) is -1.08. The van der Waals surface area contributed by atoms with Crippen LogP contribution in [0.5, 0.6) is 0 Å². The van der Waals surface area contributed by atoms with Crippen molar-refractivity contribution >= 4 is 33.0 Å². The van der Waals surface area contributed by atoms with E-state index in [1.807, 2.05) is 16.4 Å². The van der Waals surface area contributed by atoms with Gasteiger partial charge in [0.1, 0.15) is 5.69 Å². The van der Waals surface area contributed by atoms with Gasteiger partial charge in [0, 0.05) is 42.1 Å². The number of hydrogen-bond acceptors (Lipinski definition) is 8. The van der Waals surface area contributed by atoms with E-state index in [0.717, 1.165) is 31.6 Å². The lowest BCUT2D eigenvalue weighted by Crippen LogP contribution is -2.20. The molecule has 0 spiro atoms. The van der Waals surface area contributed by atoms with E-state index in [0.29, 0.717) is 23.4 Å². The predicted molar refractivity (Wildman–Crippen MR) is 125 cm³/mol. The maximum absolute atomic E-state index is 12.8. The highest BCUT2D eigenvalue weighted by Crippen LogP contribution is 2.32. The Labute approximate surface area is 197 Å². The molecule has 2 aromatic rings. The number of sulfone groups is 1. The fourth-order valence-corrected chi connectivity index (χ4v) is 6.61. The lowest BCUT2D eigenvalue weighted by atomic mass is 10.1. The van der Waals surface area contributed by atoms with Crippen molar-refractivity contribution in [1.82, 2.24) is 4.57 Å². The van der Waals surface area contributed by atoms with Crippen molar-refractivity contribution in [3.8, 4) is 0 Å². The third-order valence-corrected chi connectivity index (χ3v) is 8.30. The number of esters is 1. The fourth-order valence-electron chi connectivity index (χ4n) is 4.91. The number of Topliss-reactive ketones (excluding diaryl/α,β-unsaturated/α-hetero) is 1. The highest BCUT2D eigenvalue weighted by molar-refractivity contribution is 7.91. The third-order valence-electron chi connectivity index (χ3n) is 6.55. The van der Waals surface area contributed by atoms with E-state index >= 15 is 0 Å². The van der Waals surface area contributed by atoms with Gasteiger partial charge >= 0.3 is 5.97 Å². The molecule has 3 heterocycles. The topological polar surface area (TPSA) is 129 Å². The number of rotatable bonds is 7. The number of nitro groups is 1. The fraction of sp³-hybridized carbons (Fsp3) is 0.478. The average Bonchev–Trinajstić information content (AvgIpc) is 3.50. The van der Waals surface area contributed by atoms with Gasteiger partial charge in [0.2, 0.25) is 5.78 Å². The van der Waals surface area contributed by atoms with Crippen LogP contribution in [0.4, 0.5) is 11.4 Å². The van der Waals surface area contributed by atoms with Gasteiger partial charge in [0.15, 0.2) is 16.4 Å². The molecule has 182 valence electrons. The molecule has 2 aliphatic heterocycles. The number of ether oxygens (including phenoxy) is 1. The van der Waals surface area contributed by atoms with Crippen LogP contribution in [-0.4, -0.2) is 60.9 Å². The Bertz CT molecular complexity index is 1260. The first-order valence-electron chi connectivity index (χ1n) is 11.2. The monoisotopic (exact) mass is 489 g/mol. The van der Waals surface area contributed by atoms with E-state index in [4.69, 9.17) is 4.74 Å². The van der Waals surface area contributed by atoms with E-state index in [1.54, 1.807) is 19.1 Å². The van der Waals surface area contributed by atoms with Crippen LogP contribution >= 0.6 is 0 Å². The number of nitrogens with zero attached hydrogens (tertiary/aromatic N) is 3. The van der Waals surface area contributed by atoms with Crippen LogP contribution in [0.1, 0.15) is 57.4 Å². The minimum atomic E-state index is -3.08. The zero-order valence-electron chi connectivity index (χ0n) is 19.2. The van der Waals surface area contributed by atoms with E-state index in [-0.39, 0.29) is 28.8 Å². The predicted octanol–water partition coefficient (Wildman–Crippen LogP) is 3.01. The Balaban J connectivity index is 1.46. The number of anilines is 1. The van der Waals surface area contributed by atoms with Crippen LogP contribution in [0.3, 0.4) is 0 Å². The summed E-state index contributed by atoms with van der Waals surface area (Å²) in [5.41, 5.74) is 2.07. The van der Waals surface area contributed by atoms with Gasteiger partial charge in [-0.05, 0) is 51.3 Å². The number of aromatic nitrogens is 1. The summed E-state index contributed by atoms with van der Waals surface area (Å²) in [7, 11) is -3.08. The molecule has 2 fully saturated rings. The number of nitro benzene ring substituents is 1. The lowest BCUT2D eigenvalue weighted by Gasteiger charge is -2.17. The van der Waals surface area contributed by atoms with E-state index in [2.05, 4.69) is 0 Å². The van der Waals surface area contributed by atoms with Crippen LogP contribution in [0.15, 0.2) is 24.3 Å². The summed E-state index contributed by atoms with van der Waals surface area (Å²) in [4.78, 5) is 38.3. The second kappa shape index (κ2) is 9.21. The Kier molecular flexibility index (Phi) is 6.48. The maximum Gasteiger partial charge on any atom is 0.338 e. The van der Waals surface area contributed by atoms with Crippen molar-refractivity contribution < 1.29 is 27.7 Å². The van der Waals surface area contributed by atoms with Gasteiger partial charge in [-0.25, -0.2) is 13.2 Å². The zero-order valence-corrected chi connectivity index (χ0v) is 20.0. The number of hydrogen-bond donors (Lipinski definition) is 0. The molecule has 2 aliphatic rings. The third kappa shape index (κ3) is 4.70. The summed E-state index contributed by atoms with van der Waals surface area (Å²) < 4.78 is 30.8.